The summed E-state index contributed by atoms with van der Waals surface area (Å²) in [6.45, 7) is 2.03. The summed E-state index contributed by atoms with van der Waals surface area (Å²) < 4.78 is 18.2. The van der Waals surface area contributed by atoms with Gasteiger partial charge in [0.25, 0.3) is 0 Å². The molecule has 86 valence electrons. The molecule has 1 aromatic carbocycles. The van der Waals surface area contributed by atoms with Crippen molar-refractivity contribution in [1.82, 2.24) is 0 Å². The number of carbonyl (C=O) groups is 2. The van der Waals surface area contributed by atoms with Crippen molar-refractivity contribution in [2.24, 2.45) is 0 Å². The Labute approximate surface area is 90.8 Å². The Kier molecular flexibility index (Phi) is 3.82. The van der Waals surface area contributed by atoms with E-state index in [2.05, 4.69) is 0 Å². The van der Waals surface area contributed by atoms with Gasteiger partial charge in [0, 0.05) is 11.8 Å². The summed E-state index contributed by atoms with van der Waals surface area (Å²) in [6, 6.07) is 3.66. The van der Waals surface area contributed by atoms with Crippen LogP contribution in [0.15, 0.2) is 18.2 Å². The van der Waals surface area contributed by atoms with E-state index in [1.54, 1.807) is 6.92 Å². The van der Waals surface area contributed by atoms with Gasteiger partial charge in [0.15, 0.2) is 11.6 Å². The van der Waals surface area contributed by atoms with Crippen molar-refractivity contribution in [3.63, 3.8) is 0 Å². The van der Waals surface area contributed by atoms with Crippen LogP contribution in [0.5, 0.6) is 5.75 Å². The van der Waals surface area contributed by atoms with Crippen molar-refractivity contribution in [1.29, 1.82) is 0 Å². The Morgan fingerprint density at radius 1 is 1.50 bits per heavy atom. The van der Waals surface area contributed by atoms with Crippen molar-refractivity contribution >= 4 is 17.6 Å². The lowest BCUT2D eigenvalue weighted by Gasteiger charge is -2.06. The smallest absolute Gasteiger partial charge is 0.394 e. The zero-order valence-electron chi connectivity index (χ0n) is 8.49. The van der Waals surface area contributed by atoms with E-state index in [-0.39, 0.29) is 11.4 Å². The van der Waals surface area contributed by atoms with E-state index in [9.17, 15) is 14.0 Å². The fraction of sp³-hybridized carbons (Fsp3) is 0.200. The van der Waals surface area contributed by atoms with E-state index in [4.69, 9.17) is 9.84 Å². The molecule has 16 heavy (non-hydrogen) atoms. The second-order valence-electron chi connectivity index (χ2n) is 2.84. The summed E-state index contributed by atoms with van der Waals surface area (Å²) in [5.41, 5.74) is 0.0633. The van der Waals surface area contributed by atoms with Crippen LogP contribution < -0.4 is 10.1 Å². The largest absolute Gasteiger partial charge is 0.491 e. The highest BCUT2D eigenvalue weighted by atomic mass is 19.1. The molecule has 0 radical (unpaired) electrons. The number of benzene rings is 1. The number of carboxylic acid groups (broad SMARTS) is 1. The lowest BCUT2D eigenvalue weighted by Crippen LogP contribution is -2.21. The van der Waals surface area contributed by atoms with Crippen LogP contribution in [0.1, 0.15) is 6.92 Å². The monoisotopic (exact) mass is 227 g/mol. The number of hydrogen-bond donors (Lipinski definition) is 2. The van der Waals surface area contributed by atoms with Gasteiger partial charge in [-0.2, -0.15) is 0 Å². The molecular formula is C10H10FNO4. The van der Waals surface area contributed by atoms with Gasteiger partial charge in [-0.25, -0.2) is 9.18 Å². The predicted molar refractivity (Wildman–Crippen MR) is 53.8 cm³/mol. The zero-order chi connectivity index (χ0) is 12.1. The average molecular weight is 227 g/mol. The number of hydrogen-bond acceptors (Lipinski definition) is 3. The summed E-state index contributed by atoms with van der Waals surface area (Å²) in [6.07, 6.45) is 0. The Morgan fingerprint density at radius 3 is 2.69 bits per heavy atom. The Bertz CT molecular complexity index is 419. The normalized spacial score (nSPS) is 9.62. The quantitative estimate of drug-likeness (QED) is 0.762. The van der Waals surface area contributed by atoms with Crippen molar-refractivity contribution in [2.45, 2.75) is 6.92 Å². The Morgan fingerprint density at radius 2 is 2.19 bits per heavy atom. The predicted octanol–water partition coefficient (Wildman–Crippen LogP) is 1.25. The van der Waals surface area contributed by atoms with Crippen LogP contribution in [-0.2, 0) is 9.59 Å². The Hall–Kier alpha value is -2.11. The van der Waals surface area contributed by atoms with Crippen LogP contribution in [0.3, 0.4) is 0 Å². The molecule has 0 saturated carbocycles. The second-order valence-corrected chi connectivity index (χ2v) is 2.84. The molecule has 0 heterocycles. The minimum atomic E-state index is -1.63. The van der Waals surface area contributed by atoms with Gasteiger partial charge < -0.3 is 15.2 Å². The Balaban J connectivity index is 2.81. The first-order chi connectivity index (χ1) is 7.54. The molecule has 0 aliphatic rings. The van der Waals surface area contributed by atoms with Gasteiger partial charge in [0.1, 0.15) is 0 Å². The van der Waals surface area contributed by atoms with Crippen LogP contribution in [0.4, 0.5) is 10.1 Å². The van der Waals surface area contributed by atoms with E-state index in [0.717, 1.165) is 6.07 Å². The van der Waals surface area contributed by atoms with Gasteiger partial charge in [0.05, 0.1) is 6.61 Å². The maximum atomic E-state index is 13.3. The molecule has 2 N–H and O–H groups in total. The summed E-state index contributed by atoms with van der Waals surface area (Å²) >= 11 is 0. The molecule has 0 saturated heterocycles. The molecule has 0 aliphatic carbocycles. The SMILES string of the molecule is CCOc1ccc(NC(=O)C(=O)O)cc1F. The highest BCUT2D eigenvalue weighted by Crippen LogP contribution is 2.20. The first-order valence-corrected chi connectivity index (χ1v) is 4.51. The van der Waals surface area contributed by atoms with Crippen LogP contribution in [0, 0.1) is 5.82 Å². The van der Waals surface area contributed by atoms with Gasteiger partial charge >= 0.3 is 11.9 Å². The topological polar surface area (TPSA) is 75.6 Å². The standard InChI is InChI=1S/C10H10FNO4/c1-2-16-8-4-3-6(5-7(8)11)12-9(13)10(14)15/h3-5H,2H2,1H3,(H,12,13)(H,14,15). The molecule has 0 unspecified atom stereocenters. The molecule has 6 heteroatoms. The minimum Gasteiger partial charge on any atom is -0.491 e. The first-order valence-electron chi connectivity index (χ1n) is 4.51. The number of halogens is 1. The number of amides is 1. The van der Waals surface area contributed by atoms with Crippen molar-refractivity contribution in [3.05, 3.63) is 24.0 Å². The third kappa shape index (κ3) is 2.94. The molecule has 1 aromatic rings. The average Bonchev–Trinajstić information content (AvgIpc) is 2.22. The molecule has 0 spiro atoms. The summed E-state index contributed by atoms with van der Waals surface area (Å²) in [4.78, 5) is 21.0. The highest BCUT2D eigenvalue weighted by Gasteiger charge is 2.12. The fourth-order valence-corrected chi connectivity index (χ4v) is 1.04. The molecular weight excluding hydrogens is 217 g/mol. The summed E-state index contributed by atoms with van der Waals surface area (Å²) in [5, 5.41) is 10.3. The van der Waals surface area contributed by atoms with E-state index < -0.39 is 17.7 Å². The third-order valence-electron chi connectivity index (χ3n) is 1.68. The van der Waals surface area contributed by atoms with E-state index in [1.165, 1.54) is 12.1 Å². The number of ether oxygens (including phenoxy) is 1. The summed E-state index contributed by atoms with van der Waals surface area (Å²) in [7, 11) is 0. The molecule has 1 rings (SSSR count). The molecule has 5 nitrogen and oxygen atoms in total. The van der Waals surface area contributed by atoms with E-state index in [1.807, 2.05) is 5.32 Å². The zero-order valence-corrected chi connectivity index (χ0v) is 8.49. The summed E-state index contributed by atoms with van der Waals surface area (Å²) in [5.74, 6) is -3.46. The van der Waals surface area contributed by atoms with Crippen molar-refractivity contribution < 1.29 is 23.8 Å². The van der Waals surface area contributed by atoms with E-state index in [0.29, 0.717) is 6.61 Å². The van der Waals surface area contributed by atoms with Gasteiger partial charge in [-0.3, -0.25) is 4.79 Å². The minimum absolute atomic E-state index is 0.0517. The maximum absolute atomic E-state index is 13.3. The molecule has 0 bridgehead atoms. The third-order valence-corrected chi connectivity index (χ3v) is 1.68. The van der Waals surface area contributed by atoms with Gasteiger partial charge in [-0.05, 0) is 19.1 Å². The lowest BCUT2D eigenvalue weighted by molar-refractivity contribution is -0.147. The fourth-order valence-electron chi connectivity index (χ4n) is 1.04. The molecule has 0 aliphatic heterocycles. The molecule has 0 fully saturated rings. The molecule has 1 amide bonds. The first kappa shape index (κ1) is 12.0. The molecule has 0 atom stereocenters. The van der Waals surface area contributed by atoms with Crippen LogP contribution in [0.25, 0.3) is 0 Å². The number of aliphatic carboxylic acids is 1. The second kappa shape index (κ2) is 5.11. The maximum Gasteiger partial charge on any atom is 0.394 e. The van der Waals surface area contributed by atoms with Crippen LogP contribution >= 0.6 is 0 Å². The van der Waals surface area contributed by atoms with Crippen molar-refractivity contribution in [3.8, 4) is 5.75 Å². The number of carbonyl (C=O) groups excluding carboxylic acids is 1. The van der Waals surface area contributed by atoms with E-state index >= 15 is 0 Å². The van der Waals surface area contributed by atoms with Crippen LogP contribution in [0.2, 0.25) is 0 Å². The number of anilines is 1. The van der Waals surface area contributed by atoms with Gasteiger partial charge in [-0.15, -0.1) is 0 Å². The molecule has 0 aromatic heterocycles. The van der Waals surface area contributed by atoms with Gasteiger partial charge in [-0.1, -0.05) is 0 Å². The van der Waals surface area contributed by atoms with Crippen LogP contribution in [-0.4, -0.2) is 23.6 Å². The number of nitrogens with one attached hydrogen (secondary N) is 1. The lowest BCUT2D eigenvalue weighted by atomic mass is 10.3. The van der Waals surface area contributed by atoms with Gasteiger partial charge in [0.2, 0.25) is 0 Å². The van der Waals surface area contributed by atoms with Crippen molar-refractivity contribution in [2.75, 3.05) is 11.9 Å². The number of rotatable bonds is 3. The number of carboxylic acids is 1. The highest BCUT2D eigenvalue weighted by molar-refractivity contribution is 6.36.